The zero-order valence-electron chi connectivity index (χ0n) is 17.8. The fourth-order valence-electron chi connectivity index (χ4n) is 3.09. The van der Waals surface area contributed by atoms with Crippen molar-refractivity contribution in [1.82, 2.24) is 5.43 Å². The van der Waals surface area contributed by atoms with Crippen molar-refractivity contribution in [2.75, 3.05) is 13.9 Å². The topological polar surface area (TPSA) is 122 Å². The summed E-state index contributed by atoms with van der Waals surface area (Å²) in [7, 11) is 1.52. The van der Waals surface area contributed by atoms with Crippen molar-refractivity contribution in [2.24, 2.45) is 5.10 Å². The van der Waals surface area contributed by atoms with Crippen LogP contribution in [0.2, 0.25) is 0 Å². The van der Waals surface area contributed by atoms with Gasteiger partial charge < -0.3 is 18.9 Å². The third-order valence-electron chi connectivity index (χ3n) is 4.80. The van der Waals surface area contributed by atoms with Gasteiger partial charge in [-0.2, -0.15) is 5.10 Å². The highest BCUT2D eigenvalue weighted by molar-refractivity contribution is 14.1. The minimum Gasteiger partial charge on any atom is -0.493 e. The number of hydrogen-bond acceptors (Lipinski definition) is 8. The van der Waals surface area contributed by atoms with Crippen molar-refractivity contribution in [3.8, 4) is 23.0 Å². The second kappa shape index (κ2) is 10.4. The fraction of sp³-hybridized carbons (Fsp3) is 0.130. The summed E-state index contributed by atoms with van der Waals surface area (Å²) in [5.41, 5.74) is 4.36. The molecule has 0 saturated carbocycles. The molecule has 1 aliphatic rings. The summed E-state index contributed by atoms with van der Waals surface area (Å²) in [5, 5.41) is 14.8. The molecular formula is C23H18IN3O7. The minimum atomic E-state index is -0.450. The van der Waals surface area contributed by atoms with Crippen molar-refractivity contribution in [2.45, 2.75) is 6.61 Å². The smallest absolute Gasteiger partial charge is 0.271 e. The SMILES string of the molecule is COc1cc(/C=N\NC(=O)c2ccc3c(c2)OCO3)cc(I)c1OCc1ccc([N+](=O)[O-])cc1. The van der Waals surface area contributed by atoms with Gasteiger partial charge in [0, 0.05) is 17.7 Å². The van der Waals surface area contributed by atoms with Crippen molar-refractivity contribution in [3.63, 3.8) is 0 Å². The number of non-ortho nitro benzene ring substituents is 1. The summed E-state index contributed by atoms with van der Waals surface area (Å²) in [6, 6.07) is 14.6. The van der Waals surface area contributed by atoms with Gasteiger partial charge >= 0.3 is 0 Å². The molecule has 1 aliphatic heterocycles. The van der Waals surface area contributed by atoms with Crippen LogP contribution in [0, 0.1) is 13.7 Å². The van der Waals surface area contributed by atoms with Crippen LogP contribution < -0.4 is 24.4 Å². The molecule has 34 heavy (non-hydrogen) atoms. The average molecular weight is 575 g/mol. The molecule has 1 N–H and O–H groups in total. The molecule has 174 valence electrons. The maximum absolute atomic E-state index is 12.4. The van der Waals surface area contributed by atoms with Crippen molar-refractivity contribution in [3.05, 3.63) is 85.0 Å². The number of halogens is 1. The summed E-state index contributed by atoms with van der Waals surface area (Å²) in [6.07, 6.45) is 1.50. The molecule has 0 aliphatic carbocycles. The first-order valence-electron chi connectivity index (χ1n) is 9.91. The van der Waals surface area contributed by atoms with Crippen LogP contribution in [0.5, 0.6) is 23.0 Å². The van der Waals surface area contributed by atoms with E-state index in [1.807, 2.05) is 6.07 Å². The fourth-order valence-corrected chi connectivity index (χ4v) is 3.87. The summed E-state index contributed by atoms with van der Waals surface area (Å²) in [5.74, 6) is 1.73. The maximum atomic E-state index is 12.4. The second-order valence-electron chi connectivity index (χ2n) is 7.01. The monoisotopic (exact) mass is 575 g/mol. The van der Waals surface area contributed by atoms with Crippen LogP contribution in [0.4, 0.5) is 5.69 Å². The predicted molar refractivity (Wildman–Crippen MR) is 131 cm³/mol. The number of carbonyl (C=O) groups is 1. The van der Waals surface area contributed by atoms with Crippen molar-refractivity contribution in [1.29, 1.82) is 0 Å². The van der Waals surface area contributed by atoms with Crippen molar-refractivity contribution < 1.29 is 28.7 Å². The van der Waals surface area contributed by atoms with Gasteiger partial charge in [0.25, 0.3) is 11.6 Å². The number of benzene rings is 3. The molecule has 0 unspecified atom stereocenters. The Morgan fingerprint density at radius 1 is 1.18 bits per heavy atom. The number of rotatable bonds is 8. The Balaban J connectivity index is 1.41. The van der Waals surface area contributed by atoms with Gasteiger partial charge in [0.05, 0.1) is 21.8 Å². The average Bonchev–Trinajstić information content (AvgIpc) is 3.31. The van der Waals surface area contributed by atoms with E-state index >= 15 is 0 Å². The van der Waals surface area contributed by atoms with Crippen LogP contribution in [0.25, 0.3) is 0 Å². The molecule has 0 bridgehead atoms. The quantitative estimate of drug-likeness (QED) is 0.184. The zero-order chi connectivity index (χ0) is 24.1. The lowest BCUT2D eigenvalue weighted by Gasteiger charge is -2.13. The first-order chi connectivity index (χ1) is 16.4. The summed E-state index contributed by atoms with van der Waals surface area (Å²) < 4.78 is 22.6. The van der Waals surface area contributed by atoms with E-state index < -0.39 is 4.92 Å². The molecule has 11 heteroatoms. The first kappa shape index (κ1) is 23.3. The molecule has 0 saturated heterocycles. The number of amides is 1. The highest BCUT2D eigenvalue weighted by Gasteiger charge is 2.16. The Bertz CT molecular complexity index is 1260. The van der Waals surface area contributed by atoms with Crippen LogP contribution in [-0.4, -0.2) is 30.9 Å². The molecule has 0 atom stereocenters. The first-order valence-corrected chi connectivity index (χ1v) is 11.0. The van der Waals surface area contributed by atoms with Gasteiger partial charge in [-0.1, -0.05) is 0 Å². The predicted octanol–water partition coefficient (Wildman–Crippen LogP) is 4.28. The van der Waals surface area contributed by atoms with Gasteiger partial charge in [0.1, 0.15) is 6.61 Å². The molecule has 0 radical (unpaired) electrons. The lowest BCUT2D eigenvalue weighted by atomic mass is 10.2. The maximum Gasteiger partial charge on any atom is 0.271 e. The van der Waals surface area contributed by atoms with Crippen LogP contribution in [0.15, 0.2) is 59.7 Å². The third-order valence-corrected chi connectivity index (χ3v) is 5.60. The molecule has 4 rings (SSSR count). The molecule has 3 aromatic carbocycles. The summed E-state index contributed by atoms with van der Waals surface area (Å²) >= 11 is 2.11. The van der Waals surface area contributed by atoms with E-state index in [1.165, 1.54) is 25.5 Å². The molecule has 0 fully saturated rings. The van der Waals surface area contributed by atoms with Gasteiger partial charge in [-0.3, -0.25) is 14.9 Å². The Labute approximate surface area is 207 Å². The van der Waals surface area contributed by atoms with Crippen LogP contribution in [0.3, 0.4) is 0 Å². The Kier molecular flexibility index (Phi) is 7.11. The molecule has 0 aromatic heterocycles. The van der Waals surface area contributed by atoms with E-state index in [2.05, 4.69) is 33.1 Å². The van der Waals surface area contributed by atoms with Crippen LogP contribution in [-0.2, 0) is 6.61 Å². The number of methoxy groups -OCH3 is 1. The number of nitro benzene ring substituents is 1. The normalized spacial score (nSPS) is 11.9. The number of ether oxygens (including phenoxy) is 4. The highest BCUT2D eigenvalue weighted by Crippen LogP contribution is 2.34. The van der Waals surface area contributed by atoms with Crippen LogP contribution in [0.1, 0.15) is 21.5 Å². The molecule has 3 aromatic rings. The number of fused-ring (bicyclic) bond motifs is 1. The van der Waals surface area contributed by atoms with E-state index in [1.54, 1.807) is 36.4 Å². The Morgan fingerprint density at radius 2 is 1.94 bits per heavy atom. The van der Waals surface area contributed by atoms with E-state index in [9.17, 15) is 14.9 Å². The largest absolute Gasteiger partial charge is 0.493 e. The lowest BCUT2D eigenvalue weighted by Crippen LogP contribution is -2.17. The number of hydrazone groups is 1. The Hall–Kier alpha value is -3.87. The number of hydrogen-bond donors (Lipinski definition) is 1. The second-order valence-corrected chi connectivity index (χ2v) is 8.18. The van der Waals surface area contributed by atoms with Crippen LogP contribution >= 0.6 is 22.6 Å². The molecule has 0 spiro atoms. The minimum absolute atomic E-state index is 0.0187. The Morgan fingerprint density at radius 3 is 2.68 bits per heavy atom. The third kappa shape index (κ3) is 5.36. The number of nitrogens with zero attached hydrogens (tertiary/aromatic N) is 2. The molecule has 1 amide bonds. The van der Waals surface area contributed by atoms with E-state index in [0.29, 0.717) is 34.1 Å². The lowest BCUT2D eigenvalue weighted by molar-refractivity contribution is -0.384. The zero-order valence-corrected chi connectivity index (χ0v) is 20.0. The number of carbonyl (C=O) groups excluding carboxylic acids is 1. The van der Waals surface area contributed by atoms with Gasteiger partial charge in [-0.05, 0) is 76.2 Å². The molecular weight excluding hydrogens is 557 g/mol. The van der Waals surface area contributed by atoms with Gasteiger partial charge in [0.2, 0.25) is 6.79 Å². The highest BCUT2D eigenvalue weighted by atomic mass is 127. The van der Waals surface area contributed by atoms with E-state index in [-0.39, 0.29) is 25.0 Å². The number of nitro groups is 1. The van der Waals surface area contributed by atoms with Gasteiger partial charge in [-0.25, -0.2) is 5.43 Å². The molecule has 10 nitrogen and oxygen atoms in total. The summed E-state index contributed by atoms with van der Waals surface area (Å²) in [4.78, 5) is 22.7. The summed E-state index contributed by atoms with van der Waals surface area (Å²) in [6.45, 7) is 0.343. The van der Waals surface area contributed by atoms with Gasteiger partial charge in [0.15, 0.2) is 23.0 Å². The van der Waals surface area contributed by atoms with Gasteiger partial charge in [-0.15, -0.1) is 0 Å². The van der Waals surface area contributed by atoms with Crippen molar-refractivity contribution >= 4 is 40.4 Å². The molecule has 1 heterocycles. The standard InChI is InChI=1S/C23H18IN3O7/c1-31-21-9-15(11-25-26-23(28)16-4-7-19-20(10-16)34-13-33-19)8-18(24)22(21)32-12-14-2-5-17(6-3-14)27(29)30/h2-11H,12-13H2,1H3,(H,26,28)/b25-11-. The van der Waals surface area contributed by atoms with E-state index in [0.717, 1.165) is 9.13 Å². The van der Waals surface area contributed by atoms with E-state index in [4.69, 9.17) is 18.9 Å². The number of nitrogens with one attached hydrogen (secondary N) is 1.